The lowest BCUT2D eigenvalue weighted by molar-refractivity contribution is 0.0299. The summed E-state index contributed by atoms with van der Waals surface area (Å²) in [7, 11) is 0. The molecule has 0 spiro atoms. The number of aryl methyl sites for hydroxylation is 1. The second kappa shape index (κ2) is 6.40. The van der Waals surface area contributed by atoms with Crippen LogP contribution in [0.2, 0.25) is 0 Å². The van der Waals surface area contributed by atoms with Crippen molar-refractivity contribution in [1.82, 2.24) is 0 Å². The van der Waals surface area contributed by atoms with Crippen LogP contribution in [0.1, 0.15) is 56.3 Å². The van der Waals surface area contributed by atoms with Crippen LogP contribution in [-0.2, 0) is 0 Å². The smallest absolute Gasteiger partial charge is 0.125 e. The van der Waals surface area contributed by atoms with Crippen LogP contribution in [-0.4, -0.2) is 22.4 Å². The summed E-state index contributed by atoms with van der Waals surface area (Å²) in [5, 5.41) is 19.9. The summed E-state index contributed by atoms with van der Waals surface area (Å²) in [5.41, 5.74) is 1.90. The zero-order valence-corrected chi connectivity index (χ0v) is 11.8. The minimum atomic E-state index is -0.558. The van der Waals surface area contributed by atoms with Gasteiger partial charge in [-0.3, -0.25) is 0 Å². The van der Waals surface area contributed by atoms with Gasteiger partial charge < -0.3 is 14.9 Å². The molecule has 2 unspecified atom stereocenters. The third-order valence-corrected chi connectivity index (χ3v) is 3.81. The molecule has 106 valence electrons. The molecule has 3 heteroatoms. The first-order valence-electron chi connectivity index (χ1n) is 7.21. The molecule has 1 aromatic rings. The molecule has 0 heterocycles. The molecule has 0 aliphatic heterocycles. The zero-order valence-electron chi connectivity index (χ0n) is 11.8. The van der Waals surface area contributed by atoms with Crippen molar-refractivity contribution < 1.29 is 14.9 Å². The largest absolute Gasteiger partial charge is 0.487 e. The average molecular weight is 264 g/mol. The Morgan fingerprint density at radius 3 is 2.68 bits per heavy atom. The maximum atomic E-state index is 10.1. The van der Waals surface area contributed by atoms with Crippen LogP contribution >= 0.6 is 0 Å². The molecule has 1 saturated carbocycles. The fourth-order valence-electron chi connectivity index (χ4n) is 2.66. The Labute approximate surface area is 115 Å². The molecule has 0 aromatic heterocycles. The highest BCUT2D eigenvalue weighted by Gasteiger charge is 2.24. The molecule has 1 aromatic carbocycles. The first-order valence-corrected chi connectivity index (χ1v) is 7.21. The van der Waals surface area contributed by atoms with E-state index in [-0.39, 0.29) is 6.10 Å². The van der Waals surface area contributed by atoms with E-state index >= 15 is 0 Å². The second-order valence-corrected chi connectivity index (χ2v) is 5.58. The van der Waals surface area contributed by atoms with E-state index in [9.17, 15) is 10.2 Å². The standard InChI is InChI=1S/C16H24O3/c1-11-8-9-15(13(10-11)12(2)17)19-16-7-5-3-4-6-14(16)18/h8-10,12,14,16-18H,3-7H2,1-2H3/t12-,14?,16?/m1/s1. The van der Waals surface area contributed by atoms with E-state index in [1.54, 1.807) is 6.92 Å². The van der Waals surface area contributed by atoms with Crippen LogP contribution in [0.4, 0.5) is 0 Å². The number of aliphatic hydroxyl groups is 2. The summed E-state index contributed by atoms with van der Waals surface area (Å²) in [6.45, 7) is 3.74. The van der Waals surface area contributed by atoms with E-state index in [1.807, 2.05) is 25.1 Å². The summed E-state index contributed by atoms with van der Waals surface area (Å²) in [5.74, 6) is 0.701. The van der Waals surface area contributed by atoms with Gasteiger partial charge in [-0.25, -0.2) is 0 Å². The van der Waals surface area contributed by atoms with Gasteiger partial charge in [-0.15, -0.1) is 0 Å². The Balaban J connectivity index is 2.17. The Morgan fingerprint density at radius 1 is 1.21 bits per heavy atom. The van der Waals surface area contributed by atoms with Gasteiger partial charge in [-0.05, 0) is 45.2 Å². The fraction of sp³-hybridized carbons (Fsp3) is 0.625. The number of hydrogen-bond donors (Lipinski definition) is 2. The van der Waals surface area contributed by atoms with Crippen LogP contribution in [0.3, 0.4) is 0 Å². The monoisotopic (exact) mass is 264 g/mol. The van der Waals surface area contributed by atoms with Crippen molar-refractivity contribution in [2.24, 2.45) is 0 Å². The molecule has 1 fully saturated rings. The van der Waals surface area contributed by atoms with Gasteiger partial charge in [0.2, 0.25) is 0 Å². The predicted octanol–water partition coefficient (Wildman–Crippen LogP) is 3.12. The molecule has 2 rings (SSSR count). The van der Waals surface area contributed by atoms with Crippen LogP contribution in [0.5, 0.6) is 5.75 Å². The number of benzene rings is 1. The Kier molecular flexibility index (Phi) is 4.83. The van der Waals surface area contributed by atoms with Gasteiger partial charge >= 0.3 is 0 Å². The highest BCUT2D eigenvalue weighted by Crippen LogP contribution is 2.30. The van der Waals surface area contributed by atoms with E-state index in [0.29, 0.717) is 5.75 Å². The maximum absolute atomic E-state index is 10.1. The minimum absolute atomic E-state index is 0.150. The van der Waals surface area contributed by atoms with Crippen LogP contribution in [0.25, 0.3) is 0 Å². The molecular formula is C16H24O3. The van der Waals surface area contributed by atoms with Gasteiger partial charge in [0.25, 0.3) is 0 Å². The lowest BCUT2D eigenvalue weighted by atomic mass is 10.1. The quantitative estimate of drug-likeness (QED) is 0.825. The minimum Gasteiger partial charge on any atom is -0.487 e. The molecule has 19 heavy (non-hydrogen) atoms. The number of aliphatic hydroxyl groups excluding tert-OH is 2. The molecular weight excluding hydrogens is 240 g/mol. The van der Waals surface area contributed by atoms with Crippen molar-refractivity contribution in [2.45, 2.75) is 64.3 Å². The summed E-state index contributed by atoms with van der Waals surface area (Å²) >= 11 is 0. The van der Waals surface area contributed by atoms with Crippen LogP contribution in [0.15, 0.2) is 18.2 Å². The topological polar surface area (TPSA) is 49.7 Å². The molecule has 2 N–H and O–H groups in total. The maximum Gasteiger partial charge on any atom is 0.125 e. The van der Waals surface area contributed by atoms with E-state index in [4.69, 9.17) is 4.74 Å². The summed E-state index contributed by atoms with van der Waals surface area (Å²) < 4.78 is 5.98. The highest BCUT2D eigenvalue weighted by atomic mass is 16.5. The van der Waals surface area contributed by atoms with E-state index in [2.05, 4.69) is 0 Å². The van der Waals surface area contributed by atoms with Crippen molar-refractivity contribution >= 4 is 0 Å². The van der Waals surface area contributed by atoms with Gasteiger partial charge in [0.1, 0.15) is 11.9 Å². The average Bonchev–Trinajstić information content (AvgIpc) is 2.57. The molecule has 3 nitrogen and oxygen atoms in total. The van der Waals surface area contributed by atoms with Crippen molar-refractivity contribution in [3.63, 3.8) is 0 Å². The molecule has 1 aliphatic rings. The lowest BCUT2D eigenvalue weighted by Crippen LogP contribution is -2.30. The number of ether oxygens (including phenoxy) is 1. The normalized spacial score (nSPS) is 25.7. The molecule has 0 saturated heterocycles. The third kappa shape index (κ3) is 3.71. The Morgan fingerprint density at radius 2 is 1.95 bits per heavy atom. The molecule has 0 amide bonds. The molecule has 0 bridgehead atoms. The molecule has 3 atom stereocenters. The Bertz CT molecular complexity index is 414. The van der Waals surface area contributed by atoms with Crippen molar-refractivity contribution in [3.05, 3.63) is 29.3 Å². The SMILES string of the molecule is Cc1ccc(OC2CCCCCC2O)c([C@@H](C)O)c1. The van der Waals surface area contributed by atoms with Gasteiger partial charge in [-0.1, -0.05) is 24.5 Å². The zero-order chi connectivity index (χ0) is 13.8. The Hall–Kier alpha value is -1.06. The summed E-state index contributed by atoms with van der Waals surface area (Å²) in [4.78, 5) is 0. The summed E-state index contributed by atoms with van der Waals surface area (Å²) in [6, 6.07) is 5.82. The van der Waals surface area contributed by atoms with E-state index < -0.39 is 12.2 Å². The fourth-order valence-corrected chi connectivity index (χ4v) is 2.66. The summed E-state index contributed by atoms with van der Waals surface area (Å²) in [6.07, 6.45) is 3.91. The number of rotatable bonds is 3. The number of hydrogen-bond acceptors (Lipinski definition) is 3. The first-order chi connectivity index (χ1) is 9.08. The van der Waals surface area contributed by atoms with Gasteiger partial charge in [0, 0.05) is 5.56 Å². The van der Waals surface area contributed by atoms with Crippen LogP contribution < -0.4 is 4.74 Å². The van der Waals surface area contributed by atoms with E-state index in [0.717, 1.165) is 43.2 Å². The van der Waals surface area contributed by atoms with E-state index in [1.165, 1.54) is 0 Å². The first kappa shape index (κ1) is 14.4. The second-order valence-electron chi connectivity index (χ2n) is 5.58. The van der Waals surface area contributed by atoms with Crippen molar-refractivity contribution in [2.75, 3.05) is 0 Å². The van der Waals surface area contributed by atoms with Gasteiger partial charge in [-0.2, -0.15) is 0 Å². The van der Waals surface area contributed by atoms with Gasteiger partial charge in [0.15, 0.2) is 0 Å². The van der Waals surface area contributed by atoms with Crippen LogP contribution in [0, 0.1) is 6.92 Å². The lowest BCUT2D eigenvalue weighted by Gasteiger charge is -2.24. The molecule has 0 radical (unpaired) electrons. The highest BCUT2D eigenvalue weighted by molar-refractivity contribution is 5.38. The third-order valence-electron chi connectivity index (χ3n) is 3.81. The van der Waals surface area contributed by atoms with Gasteiger partial charge in [0.05, 0.1) is 12.2 Å². The molecule has 1 aliphatic carbocycles. The van der Waals surface area contributed by atoms with Crippen molar-refractivity contribution in [3.8, 4) is 5.75 Å². The van der Waals surface area contributed by atoms with Crippen molar-refractivity contribution in [1.29, 1.82) is 0 Å². The predicted molar refractivity (Wildman–Crippen MR) is 75.3 cm³/mol.